The first kappa shape index (κ1) is 34.1. The monoisotopic (exact) mass is 683 g/mol. The number of carbonyl (C=O) groups excluding carboxylic acids is 3. The van der Waals surface area contributed by atoms with Gasteiger partial charge in [0, 0.05) is 23.1 Å². The van der Waals surface area contributed by atoms with E-state index < -0.39 is 68.7 Å². The summed E-state index contributed by atoms with van der Waals surface area (Å²) in [5.74, 6) is -1.30. The van der Waals surface area contributed by atoms with E-state index in [1.807, 2.05) is 43.3 Å². The maximum Gasteiger partial charge on any atom is 0.259 e. The van der Waals surface area contributed by atoms with Gasteiger partial charge in [-0.05, 0) is 56.4 Å². The third kappa shape index (κ3) is 6.25. The molecule has 2 aliphatic carbocycles. The number of rotatable bonds is 7. The first-order chi connectivity index (χ1) is 22.8. The van der Waals surface area contributed by atoms with Crippen molar-refractivity contribution in [1.82, 2.24) is 19.9 Å². The molecule has 14 heteroatoms. The number of amides is 3. The molecule has 260 valence electrons. The largest absolute Gasteiger partial charge is 0.494 e. The second-order valence-corrected chi connectivity index (χ2v) is 16.1. The lowest BCUT2D eigenvalue weighted by Gasteiger charge is -2.30. The van der Waals surface area contributed by atoms with Gasteiger partial charge < -0.3 is 30.5 Å². The zero-order chi connectivity index (χ0) is 34.4. The summed E-state index contributed by atoms with van der Waals surface area (Å²) in [5.41, 5.74) is 5.02. The van der Waals surface area contributed by atoms with E-state index in [1.165, 1.54) is 4.90 Å². The van der Waals surface area contributed by atoms with Gasteiger partial charge in [-0.25, -0.2) is 13.4 Å². The number of benzene rings is 1. The van der Waals surface area contributed by atoms with Crippen molar-refractivity contribution in [3.63, 3.8) is 0 Å². The van der Waals surface area contributed by atoms with Crippen molar-refractivity contribution in [2.45, 2.75) is 87.3 Å². The molecule has 1 saturated heterocycles. The van der Waals surface area contributed by atoms with Crippen molar-refractivity contribution in [2.24, 2.45) is 23.5 Å². The molecule has 1 aromatic carbocycles. The minimum atomic E-state index is -4.20. The maximum atomic E-state index is 14.2. The fourth-order valence-electron chi connectivity index (χ4n) is 7.16. The third-order valence-corrected chi connectivity index (χ3v) is 12.7. The van der Waals surface area contributed by atoms with Gasteiger partial charge in [-0.2, -0.15) is 0 Å². The molecule has 0 spiro atoms. The van der Waals surface area contributed by atoms with E-state index in [0.717, 1.165) is 11.8 Å². The molecule has 13 nitrogen and oxygen atoms in total. The molecule has 2 saturated carbocycles. The van der Waals surface area contributed by atoms with Crippen LogP contribution in [0, 0.1) is 17.8 Å². The fourth-order valence-corrected chi connectivity index (χ4v) is 8.62. The Morgan fingerprint density at radius 1 is 1.19 bits per heavy atom. The summed E-state index contributed by atoms with van der Waals surface area (Å²) in [6.07, 6.45) is 7.78. The number of nitrogens with zero attached hydrogens (tertiary/aromatic N) is 2. The number of hydrogen-bond acceptors (Lipinski definition) is 10. The highest BCUT2D eigenvalue weighted by Gasteiger charge is 2.63. The summed E-state index contributed by atoms with van der Waals surface area (Å²) in [4.78, 5) is 47.8. The van der Waals surface area contributed by atoms with Gasteiger partial charge in [0.15, 0.2) is 0 Å². The van der Waals surface area contributed by atoms with Gasteiger partial charge in [0.05, 0.1) is 32.5 Å². The van der Waals surface area contributed by atoms with Crippen molar-refractivity contribution in [1.29, 1.82) is 0 Å². The molecule has 0 radical (unpaired) electrons. The topological polar surface area (TPSA) is 190 Å². The quantitative estimate of drug-likeness (QED) is 0.313. The third-order valence-electron chi connectivity index (χ3n) is 10.6. The number of carbonyl (C=O) groups is 3. The fraction of sp³-hybridized carbons (Fsp3) is 0.588. The van der Waals surface area contributed by atoms with Gasteiger partial charge in [0.2, 0.25) is 27.7 Å². The molecule has 7 atom stereocenters. The van der Waals surface area contributed by atoms with Crippen LogP contribution in [0.2, 0.25) is 0 Å². The van der Waals surface area contributed by atoms with Crippen molar-refractivity contribution >= 4 is 38.5 Å². The Labute approximate surface area is 280 Å². The molecule has 2 aliphatic heterocycles. The molecule has 0 unspecified atom stereocenters. The highest BCUT2D eigenvalue weighted by Crippen LogP contribution is 2.47. The summed E-state index contributed by atoms with van der Waals surface area (Å²) in [7, 11) is -2.64. The Balaban J connectivity index is 1.30. The summed E-state index contributed by atoms with van der Waals surface area (Å²) in [6.45, 7) is 3.50. The van der Waals surface area contributed by atoms with Crippen LogP contribution in [-0.4, -0.2) is 89.9 Å². The van der Waals surface area contributed by atoms with E-state index in [2.05, 4.69) is 21.9 Å². The summed E-state index contributed by atoms with van der Waals surface area (Å²) in [5, 5.41) is 14.1. The van der Waals surface area contributed by atoms with Crippen LogP contribution in [0.15, 0.2) is 42.6 Å². The molecule has 3 fully saturated rings. The van der Waals surface area contributed by atoms with Gasteiger partial charge >= 0.3 is 0 Å². The number of pyridine rings is 1. The van der Waals surface area contributed by atoms with Gasteiger partial charge in [0.25, 0.3) is 5.91 Å². The second kappa shape index (κ2) is 12.9. The Kier molecular flexibility index (Phi) is 9.20. The molecule has 4 aliphatic rings. The second-order valence-electron chi connectivity index (χ2n) is 14.1. The normalized spacial score (nSPS) is 32.6. The molecule has 2 aromatic rings. The minimum Gasteiger partial charge on any atom is -0.494 e. The average Bonchev–Trinajstić information content (AvgIpc) is 3.97. The number of allylic oxidation sites excluding steroid dienone is 1. The highest BCUT2D eigenvalue weighted by molar-refractivity contribution is 7.91. The van der Waals surface area contributed by atoms with Crippen LogP contribution < -0.4 is 25.2 Å². The highest BCUT2D eigenvalue weighted by atomic mass is 32.2. The SMILES string of the molecule is COc1cnc(O[C@@H]2C[C@H]3C(=O)N[C@]4(C(=O)NS(=O)(=O)C5(CO)CC5)C[C@H]4/C=C\CC[C@H](C)C[C@@H](C)[C@H](N)C(=O)N3C2)c2ccccc12. The van der Waals surface area contributed by atoms with Gasteiger partial charge in [-0.3, -0.25) is 19.1 Å². The number of fused-ring (bicyclic) bond motifs is 3. The number of aromatic nitrogens is 1. The zero-order valence-corrected chi connectivity index (χ0v) is 28.4. The molecular formula is C34H45N5O8S. The molecular weight excluding hydrogens is 638 g/mol. The van der Waals surface area contributed by atoms with Crippen LogP contribution in [0.25, 0.3) is 10.8 Å². The van der Waals surface area contributed by atoms with E-state index >= 15 is 0 Å². The number of aliphatic hydroxyl groups excluding tert-OH is 1. The minimum absolute atomic E-state index is 0.0604. The van der Waals surface area contributed by atoms with Gasteiger partial charge in [-0.15, -0.1) is 0 Å². The van der Waals surface area contributed by atoms with Gasteiger partial charge in [-0.1, -0.05) is 44.2 Å². The smallest absolute Gasteiger partial charge is 0.259 e. The van der Waals surface area contributed by atoms with Crippen molar-refractivity contribution in [3.05, 3.63) is 42.6 Å². The molecule has 3 amide bonds. The van der Waals surface area contributed by atoms with E-state index in [9.17, 15) is 27.9 Å². The molecule has 6 rings (SSSR count). The number of sulfonamides is 1. The molecule has 3 heterocycles. The Hall–Kier alpha value is -3.75. The van der Waals surface area contributed by atoms with Crippen LogP contribution >= 0.6 is 0 Å². The van der Waals surface area contributed by atoms with Crippen LogP contribution in [0.3, 0.4) is 0 Å². The van der Waals surface area contributed by atoms with E-state index in [0.29, 0.717) is 29.9 Å². The lowest BCUT2D eigenvalue weighted by atomic mass is 9.88. The number of ether oxygens (including phenoxy) is 2. The predicted molar refractivity (Wildman–Crippen MR) is 177 cm³/mol. The van der Waals surface area contributed by atoms with Crippen molar-refractivity contribution < 1.29 is 37.4 Å². The number of nitrogens with one attached hydrogen (secondary N) is 2. The standard InChI is InChI=1S/C34H45N5O8S/c1-20-8-4-5-9-22-16-34(22,32(43)38-48(44,45)33(19-40)12-13-33)37-29(41)26-15-23(18-39(26)31(42)28(35)21(2)14-20)47-30-25-11-7-6-10-24(25)27(46-3)17-36-30/h5-7,9-11,17,20-23,26,28,40H,4,8,12-16,18-19,35H2,1-3H3,(H,37,41)(H,38,43)/b9-5-/t20-,21+,22+,23+,26-,28-,34+/m0/s1. The Morgan fingerprint density at radius 3 is 2.60 bits per heavy atom. The van der Waals surface area contributed by atoms with Crippen molar-refractivity contribution in [3.8, 4) is 11.6 Å². The van der Waals surface area contributed by atoms with Crippen LogP contribution in [0.5, 0.6) is 11.6 Å². The Bertz CT molecular complexity index is 1730. The number of methoxy groups -OCH3 is 1. The van der Waals surface area contributed by atoms with E-state index in [1.54, 1.807) is 13.3 Å². The molecule has 48 heavy (non-hydrogen) atoms. The molecule has 0 bridgehead atoms. The van der Waals surface area contributed by atoms with E-state index in [-0.39, 0.29) is 44.1 Å². The molecule has 1 aromatic heterocycles. The number of hydrogen-bond donors (Lipinski definition) is 4. The average molecular weight is 684 g/mol. The predicted octanol–water partition coefficient (Wildman–Crippen LogP) is 1.78. The molecule has 5 N–H and O–H groups in total. The first-order valence-electron chi connectivity index (χ1n) is 16.7. The maximum absolute atomic E-state index is 14.2. The number of aliphatic hydroxyl groups is 1. The zero-order valence-electron chi connectivity index (χ0n) is 27.6. The summed E-state index contributed by atoms with van der Waals surface area (Å²) < 4.78 is 38.8. The summed E-state index contributed by atoms with van der Waals surface area (Å²) >= 11 is 0. The van der Waals surface area contributed by atoms with Crippen LogP contribution in [-0.2, 0) is 24.4 Å². The van der Waals surface area contributed by atoms with Crippen LogP contribution in [0.1, 0.15) is 58.8 Å². The number of nitrogens with two attached hydrogens (primary N) is 1. The van der Waals surface area contributed by atoms with E-state index in [4.69, 9.17) is 15.2 Å². The first-order valence-corrected chi connectivity index (χ1v) is 18.1. The lowest BCUT2D eigenvalue weighted by Crippen LogP contribution is -2.58. The Morgan fingerprint density at radius 2 is 1.92 bits per heavy atom. The van der Waals surface area contributed by atoms with Crippen molar-refractivity contribution in [2.75, 3.05) is 20.3 Å². The van der Waals surface area contributed by atoms with Crippen LogP contribution in [0.4, 0.5) is 0 Å². The lowest BCUT2D eigenvalue weighted by molar-refractivity contribution is -0.141. The summed E-state index contributed by atoms with van der Waals surface area (Å²) in [6, 6.07) is 5.56. The van der Waals surface area contributed by atoms with Gasteiger partial charge in [0.1, 0.15) is 28.2 Å².